The summed E-state index contributed by atoms with van der Waals surface area (Å²) in [6, 6.07) is 85.9. The maximum atomic E-state index is 2.67. The number of allylic oxidation sites excluding steroid dienone is 6. The Kier molecular flexibility index (Phi) is 12.5. The van der Waals surface area contributed by atoms with Crippen LogP contribution in [-0.2, 0) is 0 Å². The van der Waals surface area contributed by atoms with Crippen LogP contribution in [0, 0.1) is 0 Å². The average Bonchev–Trinajstić information content (AvgIpc) is 4.20. The summed E-state index contributed by atoms with van der Waals surface area (Å²) in [5.74, 6) is 0.114. The lowest BCUT2D eigenvalue weighted by atomic mass is 9.72. The van der Waals surface area contributed by atoms with Gasteiger partial charge in [0.2, 0.25) is 0 Å². The van der Waals surface area contributed by atoms with E-state index in [1.807, 2.05) is 0 Å². The fourth-order valence-corrected chi connectivity index (χ4v) is 13.0. The fraction of sp³-hybridized carbons (Fsp3) is 0.108. The summed E-state index contributed by atoms with van der Waals surface area (Å²) in [5, 5.41) is 5.04. The molecule has 4 nitrogen and oxygen atoms in total. The van der Waals surface area contributed by atoms with Gasteiger partial charge in [-0.2, -0.15) is 0 Å². The highest BCUT2D eigenvalue weighted by molar-refractivity contribution is 6.11. The van der Waals surface area contributed by atoms with Crippen molar-refractivity contribution in [2.45, 2.75) is 49.2 Å². The maximum Gasteiger partial charge on any atom is 0.0559 e. The Morgan fingerprint density at radius 2 is 0.795 bits per heavy atom. The van der Waals surface area contributed by atoms with Crippen molar-refractivity contribution in [2.24, 2.45) is 0 Å². The number of anilines is 3. The first-order chi connectivity index (χ1) is 38.7. The molecule has 0 N–H and O–H groups in total. The van der Waals surface area contributed by atoms with Gasteiger partial charge in [0.05, 0.1) is 40.2 Å². The molecule has 0 aliphatic heterocycles. The highest BCUT2D eigenvalue weighted by Gasteiger charge is 2.33. The van der Waals surface area contributed by atoms with Gasteiger partial charge in [-0.1, -0.05) is 212 Å². The molecule has 0 bridgehead atoms. The van der Waals surface area contributed by atoms with Gasteiger partial charge in [-0.3, -0.25) is 0 Å². The fourth-order valence-electron chi connectivity index (χ4n) is 13.0. The molecule has 2 heterocycles. The summed E-state index contributed by atoms with van der Waals surface area (Å²) >= 11 is 0. The summed E-state index contributed by atoms with van der Waals surface area (Å²) in [7, 11) is 0. The van der Waals surface area contributed by atoms with Crippen LogP contribution >= 0.6 is 0 Å². The highest BCUT2D eigenvalue weighted by atomic mass is 15.2. The Labute approximate surface area is 457 Å². The molecule has 376 valence electrons. The quantitative estimate of drug-likeness (QED) is 0.114. The van der Waals surface area contributed by atoms with Crippen molar-refractivity contribution >= 4 is 60.7 Å². The second-order valence-corrected chi connectivity index (χ2v) is 21.0. The highest BCUT2D eigenvalue weighted by Crippen LogP contribution is 2.47. The number of para-hydroxylation sites is 4. The predicted molar refractivity (Wildman–Crippen MR) is 329 cm³/mol. The lowest BCUT2D eigenvalue weighted by Gasteiger charge is -2.40. The van der Waals surface area contributed by atoms with Gasteiger partial charge < -0.3 is 18.9 Å². The third-order valence-electron chi connectivity index (χ3n) is 16.5. The Hall–Kier alpha value is -9.38. The Bertz CT molecular complexity index is 4140. The number of fused-ring (bicyclic) bond motifs is 6. The number of hydrogen-bond acceptors (Lipinski definition) is 2. The van der Waals surface area contributed by atoms with E-state index in [2.05, 4.69) is 316 Å². The van der Waals surface area contributed by atoms with Crippen molar-refractivity contribution in [3.8, 4) is 11.4 Å². The van der Waals surface area contributed by atoms with Crippen molar-refractivity contribution in [2.75, 3.05) is 9.80 Å². The molecule has 5 unspecified atom stereocenters. The van der Waals surface area contributed by atoms with Crippen LogP contribution in [0.25, 0.3) is 55.0 Å². The van der Waals surface area contributed by atoms with Gasteiger partial charge in [0, 0.05) is 61.8 Å². The van der Waals surface area contributed by atoms with Crippen molar-refractivity contribution < 1.29 is 0 Å². The molecule has 5 atom stereocenters. The third-order valence-corrected chi connectivity index (χ3v) is 16.5. The summed E-state index contributed by atoms with van der Waals surface area (Å²) in [5.41, 5.74) is 16.0. The molecule has 0 saturated carbocycles. The first-order valence-electron chi connectivity index (χ1n) is 27.7. The SMILES string of the molecule is C1=CCC(N(c2ccc(C(c3ccccc3)C(C3=CCC(N(c4ccc5c(c4)c4ccccc4n5-c4ccccc4)C4C=CC=CC4)C=C3)c3ccccc3)cc2)c2ccc3c(c2)c2ccccc2n3-c2ccccc2)C=C1. The molecule has 4 heteroatoms. The molecule has 3 aliphatic carbocycles. The van der Waals surface area contributed by atoms with Gasteiger partial charge in [0.25, 0.3) is 0 Å². The lowest BCUT2D eigenvalue weighted by molar-refractivity contribution is 0.606. The molecule has 78 heavy (non-hydrogen) atoms. The minimum absolute atomic E-state index is 0.0494. The van der Waals surface area contributed by atoms with Crippen LogP contribution in [-0.4, -0.2) is 27.3 Å². The van der Waals surface area contributed by atoms with E-state index in [4.69, 9.17) is 0 Å². The minimum atomic E-state index is 0.0494. The molecular formula is C74H60N4. The second-order valence-electron chi connectivity index (χ2n) is 21.0. The Balaban J connectivity index is 0.835. The molecule has 0 saturated heterocycles. The largest absolute Gasteiger partial charge is 0.358 e. The van der Waals surface area contributed by atoms with Crippen molar-refractivity contribution in [1.29, 1.82) is 0 Å². The Morgan fingerprint density at radius 3 is 1.33 bits per heavy atom. The maximum absolute atomic E-state index is 2.67. The molecule has 3 aliphatic rings. The Morgan fingerprint density at radius 1 is 0.346 bits per heavy atom. The van der Waals surface area contributed by atoms with Gasteiger partial charge in [0.1, 0.15) is 0 Å². The van der Waals surface area contributed by atoms with E-state index < -0.39 is 0 Å². The van der Waals surface area contributed by atoms with Crippen molar-refractivity contribution in [3.05, 3.63) is 320 Å². The van der Waals surface area contributed by atoms with E-state index in [0.717, 1.165) is 19.3 Å². The number of aromatic nitrogens is 2. The van der Waals surface area contributed by atoms with Gasteiger partial charge in [-0.25, -0.2) is 0 Å². The zero-order chi connectivity index (χ0) is 51.8. The van der Waals surface area contributed by atoms with Gasteiger partial charge in [-0.15, -0.1) is 0 Å². The number of rotatable bonds is 13. The van der Waals surface area contributed by atoms with Crippen LogP contribution in [0.4, 0.5) is 17.1 Å². The zero-order valence-electron chi connectivity index (χ0n) is 43.6. The average molecular weight is 1010 g/mol. The molecule has 0 amide bonds. The van der Waals surface area contributed by atoms with E-state index in [-0.39, 0.29) is 30.0 Å². The van der Waals surface area contributed by atoms with E-state index in [9.17, 15) is 0 Å². The van der Waals surface area contributed by atoms with Crippen LogP contribution < -0.4 is 9.80 Å². The molecule has 0 fully saturated rings. The molecule has 0 spiro atoms. The van der Waals surface area contributed by atoms with E-state index in [1.165, 1.54) is 94.3 Å². The molecule has 2 aromatic heterocycles. The summed E-state index contributed by atoms with van der Waals surface area (Å²) in [6.45, 7) is 0. The monoisotopic (exact) mass is 1000 g/mol. The van der Waals surface area contributed by atoms with E-state index in [0.29, 0.717) is 0 Å². The molecule has 0 radical (unpaired) electrons. The van der Waals surface area contributed by atoms with Crippen LogP contribution in [0.1, 0.15) is 47.8 Å². The third kappa shape index (κ3) is 8.60. The topological polar surface area (TPSA) is 16.3 Å². The first kappa shape index (κ1) is 47.1. The minimum Gasteiger partial charge on any atom is -0.358 e. The van der Waals surface area contributed by atoms with Gasteiger partial charge in [-0.05, 0) is 126 Å². The van der Waals surface area contributed by atoms with Gasteiger partial charge in [0.15, 0.2) is 0 Å². The number of hydrogen-bond donors (Lipinski definition) is 0. The van der Waals surface area contributed by atoms with Crippen molar-refractivity contribution in [1.82, 2.24) is 9.13 Å². The van der Waals surface area contributed by atoms with Crippen molar-refractivity contribution in [3.63, 3.8) is 0 Å². The summed E-state index contributed by atoms with van der Waals surface area (Å²) in [4.78, 5) is 5.21. The summed E-state index contributed by atoms with van der Waals surface area (Å²) in [6.07, 6.45) is 28.4. The zero-order valence-corrected chi connectivity index (χ0v) is 43.6. The second kappa shape index (κ2) is 20.6. The number of benzene rings is 9. The van der Waals surface area contributed by atoms with Crippen LogP contribution in [0.15, 0.2) is 303 Å². The van der Waals surface area contributed by atoms with E-state index >= 15 is 0 Å². The predicted octanol–water partition coefficient (Wildman–Crippen LogP) is 18.5. The molecule has 9 aromatic carbocycles. The first-order valence-corrected chi connectivity index (χ1v) is 27.7. The van der Waals surface area contributed by atoms with Crippen LogP contribution in [0.5, 0.6) is 0 Å². The standard InChI is InChI=1S/C74H60N4/c1-7-23-53(24-8-1)73(55-39-43-61(44-40-55)75(57-27-11-3-12-28-57)63-47-49-71-67(51-63)65-35-19-21-37-69(65)77(71)59-31-15-5-16-32-59)74(54-25-9-2-10-26-54)56-41-45-62(46-42-56)76(58-29-13-4-14-30-58)64-48-50-72-68(52-64)66-36-20-22-38-70(66)78(72)60-33-17-6-18-34-60/h1-27,29,31-45,47-52,57-58,62,73-74H,28,30,46H2. The van der Waals surface area contributed by atoms with E-state index in [1.54, 1.807) is 0 Å². The summed E-state index contributed by atoms with van der Waals surface area (Å²) < 4.78 is 4.81. The normalized spacial score (nSPS) is 17.7. The van der Waals surface area contributed by atoms with Crippen LogP contribution in [0.2, 0.25) is 0 Å². The molecule has 14 rings (SSSR count). The molecular weight excluding hydrogens is 945 g/mol. The molecule has 11 aromatic rings. The van der Waals surface area contributed by atoms with Gasteiger partial charge >= 0.3 is 0 Å². The smallest absolute Gasteiger partial charge is 0.0559 e. The number of nitrogens with zero attached hydrogens (tertiary/aromatic N) is 4. The lowest BCUT2D eigenvalue weighted by Crippen LogP contribution is -2.42. The van der Waals surface area contributed by atoms with Crippen LogP contribution in [0.3, 0.4) is 0 Å².